The summed E-state index contributed by atoms with van der Waals surface area (Å²) < 4.78 is 16.3. The molecule has 7 heteroatoms. The third-order valence-electron chi connectivity index (χ3n) is 4.93. The van der Waals surface area contributed by atoms with Crippen molar-refractivity contribution < 1.29 is 19.0 Å². The predicted molar refractivity (Wildman–Crippen MR) is 123 cm³/mol. The Morgan fingerprint density at radius 1 is 0.906 bits per heavy atom. The van der Waals surface area contributed by atoms with Gasteiger partial charge < -0.3 is 19.5 Å². The van der Waals surface area contributed by atoms with Crippen LogP contribution in [0.2, 0.25) is 0 Å². The second-order valence-corrected chi connectivity index (χ2v) is 7.09. The van der Waals surface area contributed by atoms with Gasteiger partial charge in [0, 0.05) is 17.3 Å². The van der Waals surface area contributed by atoms with Gasteiger partial charge in [0.15, 0.2) is 17.6 Å². The normalized spacial score (nSPS) is 11.6. The van der Waals surface area contributed by atoms with E-state index in [1.165, 1.54) is 0 Å². The SMILES string of the molecule is COc1ccc(NC(=O)[C@@H](C)Oc2ccc(-c3cnc4ccccc4n3)cc2)cc1OC. The summed E-state index contributed by atoms with van der Waals surface area (Å²) in [7, 11) is 3.10. The monoisotopic (exact) mass is 429 g/mol. The van der Waals surface area contributed by atoms with Crippen LogP contribution in [-0.2, 0) is 4.79 Å². The van der Waals surface area contributed by atoms with Crippen molar-refractivity contribution in [3.63, 3.8) is 0 Å². The first-order valence-electron chi connectivity index (χ1n) is 10.1. The van der Waals surface area contributed by atoms with Crippen LogP contribution in [0.3, 0.4) is 0 Å². The van der Waals surface area contributed by atoms with Gasteiger partial charge in [-0.3, -0.25) is 9.78 Å². The van der Waals surface area contributed by atoms with Crippen molar-refractivity contribution in [2.75, 3.05) is 19.5 Å². The molecule has 0 unspecified atom stereocenters. The first kappa shape index (κ1) is 21.1. The highest BCUT2D eigenvalue weighted by Gasteiger charge is 2.16. The Morgan fingerprint density at radius 3 is 2.34 bits per heavy atom. The van der Waals surface area contributed by atoms with Crippen LogP contribution in [-0.4, -0.2) is 36.2 Å². The fourth-order valence-electron chi connectivity index (χ4n) is 3.22. The van der Waals surface area contributed by atoms with Gasteiger partial charge in [-0.1, -0.05) is 12.1 Å². The van der Waals surface area contributed by atoms with E-state index in [0.717, 1.165) is 22.3 Å². The molecular weight excluding hydrogens is 406 g/mol. The van der Waals surface area contributed by atoms with E-state index in [-0.39, 0.29) is 5.91 Å². The van der Waals surface area contributed by atoms with Crippen LogP contribution in [0, 0.1) is 0 Å². The Hall–Kier alpha value is -4.13. The quantitative estimate of drug-likeness (QED) is 0.458. The summed E-state index contributed by atoms with van der Waals surface area (Å²) in [5, 5.41) is 2.82. The molecule has 0 radical (unpaired) electrons. The fourth-order valence-corrected chi connectivity index (χ4v) is 3.22. The first-order valence-corrected chi connectivity index (χ1v) is 10.1. The minimum atomic E-state index is -0.700. The number of aromatic nitrogens is 2. The van der Waals surface area contributed by atoms with E-state index in [9.17, 15) is 4.79 Å². The summed E-state index contributed by atoms with van der Waals surface area (Å²) in [6.45, 7) is 1.69. The molecule has 1 aromatic heterocycles. The van der Waals surface area contributed by atoms with Crippen molar-refractivity contribution in [1.29, 1.82) is 0 Å². The molecule has 4 aromatic rings. The molecule has 162 valence electrons. The lowest BCUT2D eigenvalue weighted by Gasteiger charge is -2.16. The average Bonchev–Trinajstić information content (AvgIpc) is 2.84. The second-order valence-electron chi connectivity index (χ2n) is 7.09. The molecule has 3 aromatic carbocycles. The molecule has 0 bridgehead atoms. The summed E-state index contributed by atoms with van der Waals surface area (Å²) in [5.74, 6) is 1.43. The number of nitrogens with one attached hydrogen (secondary N) is 1. The number of amides is 1. The number of ether oxygens (including phenoxy) is 3. The molecule has 1 atom stereocenters. The molecule has 7 nitrogen and oxygen atoms in total. The van der Waals surface area contributed by atoms with Crippen molar-refractivity contribution in [3.05, 3.63) is 72.9 Å². The lowest BCUT2D eigenvalue weighted by Crippen LogP contribution is -2.30. The number of methoxy groups -OCH3 is 2. The molecule has 0 fully saturated rings. The van der Waals surface area contributed by atoms with Crippen LogP contribution in [0.4, 0.5) is 5.69 Å². The maximum Gasteiger partial charge on any atom is 0.265 e. The maximum absolute atomic E-state index is 12.6. The zero-order valence-corrected chi connectivity index (χ0v) is 18.0. The Bertz CT molecular complexity index is 1240. The first-order chi connectivity index (χ1) is 15.6. The second kappa shape index (κ2) is 9.34. The number of fused-ring (bicyclic) bond motifs is 1. The van der Waals surface area contributed by atoms with Crippen LogP contribution >= 0.6 is 0 Å². The van der Waals surface area contributed by atoms with E-state index >= 15 is 0 Å². The predicted octanol–water partition coefficient (Wildman–Crippen LogP) is 4.72. The van der Waals surface area contributed by atoms with Crippen molar-refractivity contribution in [2.24, 2.45) is 0 Å². The number of hydrogen-bond donors (Lipinski definition) is 1. The average molecular weight is 429 g/mol. The summed E-state index contributed by atoms with van der Waals surface area (Å²) in [4.78, 5) is 21.7. The Balaban J connectivity index is 1.41. The number of benzene rings is 3. The van der Waals surface area contributed by atoms with Gasteiger partial charge in [0.1, 0.15) is 5.75 Å². The zero-order chi connectivity index (χ0) is 22.5. The van der Waals surface area contributed by atoms with E-state index in [4.69, 9.17) is 14.2 Å². The molecular formula is C25H23N3O4. The van der Waals surface area contributed by atoms with Crippen molar-refractivity contribution >= 4 is 22.6 Å². The number of carbonyl (C=O) groups excluding carboxylic acids is 1. The number of rotatable bonds is 7. The van der Waals surface area contributed by atoms with E-state index in [1.54, 1.807) is 45.5 Å². The molecule has 0 saturated heterocycles. The third-order valence-corrected chi connectivity index (χ3v) is 4.93. The Morgan fingerprint density at radius 2 is 1.62 bits per heavy atom. The minimum Gasteiger partial charge on any atom is -0.493 e. The van der Waals surface area contributed by atoms with Crippen molar-refractivity contribution in [3.8, 4) is 28.5 Å². The molecule has 1 N–H and O–H groups in total. The third kappa shape index (κ3) is 4.62. The molecule has 0 saturated carbocycles. The molecule has 32 heavy (non-hydrogen) atoms. The highest BCUT2D eigenvalue weighted by Crippen LogP contribution is 2.30. The number of hydrogen-bond acceptors (Lipinski definition) is 6. The molecule has 0 spiro atoms. The molecule has 4 rings (SSSR count). The highest BCUT2D eigenvalue weighted by molar-refractivity contribution is 5.94. The number of carbonyl (C=O) groups is 1. The van der Waals surface area contributed by atoms with Gasteiger partial charge in [-0.15, -0.1) is 0 Å². The fraction of sp³-hybridized carbons (Fsp3) is 0.160. The van der Waals surface area contributed by atoms with Crippen LogP contribution in [0.1, 0.15) is 6.92 Å². The van der Waals surface area contributed by atoms with Gasteiger partial charge in [-0.25, -0.2) is 4.98 Å². The Labute approximate surface area is 186 Å². The molecule has 0 aliphatic carbocycles. The van der Waals surface area contributed by atoms with Crippen LogP contribution in [0.15, 0.2) is 72.9 Å². The summed E-state index contributed by atoms with van der Waals surface area (Å²) in [6.07, 6.45) is 1.05. The van der Waals surface area contributed by atoms with Crippen molar-refractivity contribution in [1.82, 2.24) is 9.97 Å². The molecule has 1 heterocycles. The molecule has 1 amide bonds. The molecule has 0 aliphatic heterocycles. The standard InChI is InChI=1S/C25H23N3O4/c1-16(25(29)27-18-10-13-23(30-2)24(14-18)31-3)32-19-11-8-17(9-12-19)22-15-26-20-6-4-5-7-21(20)28-22/h4-16H,1-3H3,(H,27,29)/t16-/m1/s1. The smallest absolute Gasteiger partial charge is 0.265 e. The van der Waals surface area contributed by atoms with Gasteiger partial charge >= 0.3 is 0 Å². The molecule has 0 aliphatic rings. The number of nitrogens with zero attached hydrogens (tertiary/aromatic N) is 2. The van der Waals surface area contributed by atoms with Gasteiger partial charge in [-0.05, 0) is 55.5 Å². The van der Waals surface area contributed by atoms with E-state index in [2.05, 4.69) is 15.3 Å². The van der Waals surface area contributed by atoms with Crippen molar-refractivity contribution in [2.45, 2.75) is 13.0 Å². The lowest BCUT2D eigenvalue weighted by atomic mass is 10.1. The van der Waals surface area contributed by atoms with Crippen LogP contribution < -0.4 is 19.5 Å². The summed E-state index contributed by atoms with van der Waals surface area (Å²) >= 11 is 0. The summed E-state index contributed by atoms with van der Waals surface area (Å²) in [6, 6.07) is 20.3. The van der Waals surface area contributed by atoms with E-state index in [1.807, 2.05) is 48.5 Å². The van der Waals surface area contributed by atoms with Crippen LogP contribution in [0.5, 0.6) is 17.2 Å². The minimum absolute atomic E-state index is 0.276. The Kier molecular flexibility index (Phi) is 6.17. The zero-order valence-electron chi connectivity index (χ0n) is 18.0. The van der Waals surface area contributed by atoms with Gasteiger partial charge in [0.2, 0.25) is 0 Å². The largest absolute Gasteiger partial charge is 0.493 e. The topological polar surface area (TPSA) is 82.6 Å². The lowest BCUT2D eigenvalue weighted by molar-refractivity contribution is -0.122. The van der Waals surface area contributed by atoms with Gasteiger partial charge in [0.25, 0.3) is 5.91 Å². The maximum atomic E-state index is 12.6. The van der Waals surface area contributed by atoms with E-state index < -0.39 is 6.10 Å². The van der Waals surface area contributed by atoms with E-state index in [0.29, 0.717) is 22.9 Å². The van der Waals surface area contributed by atoms with Crippen LogP contribution in [0.25, 0.3) is 22.3 Å². The number of para-hydroxylation sites is 2. The number of anilines is 1. The summed E-state index contributed by atoms with van der Waals surface area (Å²) in [5.41, 5.74) is 3.97. The van der Waals surface area contributed by atoms with Gasteiger partial charge in [-0.2, -0.15) is 0 Å². The highest BCUT2D eigenvalue weighted by atomic mass is 16.5. The van der Waals surface area contributed by atoms with Gasteiger partial charge in [0.05, 0.1) is 37.1 Å².